The van der Waals surface area contributed by atoms with Crippen molar-refractivity contribution in [2.24, 2.45) is 5.73 Å². The van der Waals surface area contributed by atoms with Crippen molar-refractivity contribution in [3.05, 3.63) is 95.6 Å². The molecule has 0 aliphatic heterocycles. The minimum Gasteiger partial charge on any atom is -0.497 e. The lowest BCUT2D eigenvalue weighted by molar-refractivity contribution is -0.138. The van der Waals surface area contributed by atoms with E-state index in [4.69, 9.17) is 19.9 Å². The molecule has 3 rings (SSSR count). The maximum Gasteiger partial charge on any atom is 0.246 e. The standard InChI is InChI=1S/C33H43NO4/c1-4-5-6-7-8-9-10-14-17-31(32(34)35)38-33(26-15-12-11-13-16-26,27-18-22-29(36-2)23-19-27)28-20-24-30(37-3)25-21-28/h11-13,15-16,18-25,31H,4-10,14,17H2,1-3H3,(H2,34,35). The highest BCUT2D eigenvalue weighted by Gasteiger charge is 2.41. The summed E-state index contributed by atoms with van der Waals surface area (Å²) in [6.45, 7) is 2.23. The van der Waals surface area contributed by atoms with Gasteiger partial charge in [0.1, 0.15) is 23.2 Å². The number of hydrogen-bond donors (Lipinski definition) is 1. The van der Waals surface area contributed by atoms with Crippen molar-refractivity contribution in [2.45, 2.75) is 76.4 Å². The summed E-state index contributed by atoms with van der Waals surface area (Å²) in [6, 6.07) is 25.6. The summed E-state index contributed by atoms with van der Waals surface area (Å²) in [4.78, 5) is 12.8. The van der Waals surface area contributed by atoms with E-state index in [9.17, 15) is 4.79 Å². The number of primary amides is 1. The van der Waals surface area contributed by atoms with Gasteiger partial charge in [0, 0.05) is 0 Å². The largest absolute Gasteiger partial charge is 0.497 e. The van der Waals surface area contributed by atoms with Crippen LogP contribution in [0.4, 0.5) is 0 Å². The number of amides is 1. The number of carbonyl (C=O) groups excluding carboxylic acids is 1. The summed E-state index contributed by atoms with van der Waals surface area (Å²) in [5, 5.41) is 0. The molecular formula is C33H43NO4. The molecule has 0 aromatic heterocycles. The van der Waals surface area contributed by atoms with E-state index in [2.05, 4.69) is 6.92 Å². The molecule has 0 radical (unpaired) electrons. The van der Waals surface area contributed by atoms with Gasteiger partial charge in [-0.3, -0.25) is 4.79 Å². The lowest BCUT2D eigenvalue weighted by Gasteiger charge is -2.38. The number of hydrogen-bond acceptors (Lipinski definition) is 4. The number of methoxy groups -OCH3 is 2. The SMILES string of the molecule is CCCCCCCCCCC(OC(c1ccccc1)(c1ccc(OC)cc1)c1ccc(OC)cc1)C(N)=O. The lowest BCUT2D eigenvalue weighted by Crippen LogP contribution is -2.42. The van der Waals surface area contributed by atoms with Gasteiger partial charge in [0.25, 0.3) is 0 Å². The molecule has 0 spiro atoms. The van der Waals surface area contributed by atoms with Crippen molar-refractivity contribution >= 4 is 5.91 Å². The molecule has 0 saturated carbocycles. The summed E-state index contributed by atoms with van der Waals surface area (Å²) in [5.74, 6) is 1.04. The Bertz CT molecular complexity index is 1030. The molecule has 1 atom stereocenters. The molecular weight excluding hydrogens is 474 g/mol. The first-order valence-corrected chi connectivity index (χ1v) is 13.9. The number of nitrogens with two attached hydrogens (primary N) is 1. The Morgan fingerprint density at radius 2 is 1.13 bits per heavy atom. The lowest BCUT2D eigenvalue weighted by atomic mass is 9.79. The number of unbranched alkanes of at least 4 members (excludes halogenated alkanes) is 7. The monoisotopic (exact) mass is 517 g/mol. The van der Waals surface area contributed by atoms with E-state index < -0.39 is 17.6 Å². The molecule has 0 saturated heterocycles. The van der Waals surface area contributed by atoms with Crippen molar-refractivity contribution in [1.82, 2.24) is 0 Å². The molecule has 3 aromatic rings. The van der Waals surface area contributed by atoms with Crippen LogP contribution < -0.4 is 15.2 Å². The summed E-state index contributed by atoms with van der Waals surface area (Å²) in [6.07, 6.45) is 9.29. The van der Waals surface area contributed by atoms with E-state index in [0.29, 0.717) is 6.42 Å². The summed E-state index contributed by atoms with van der Waals surface area (Å²) in [5.41, 5.74) is 7.59. The number of rotatable bonds is 17. The highest BCUT2D eigenvalue weighted by Crippen LogP contribution is 2.43. The summed E-state index contributed by atoms with van der Waals surface area (Å²) in [7, 11) is 3.29. The van der Waals surface area contributed by atoms with E-state index in [1.54, 1.807) is 14.2 Å². The second-order valence-electron chi connectivity index (χ2n) is 9.78. The van der Waals surface area contributed by atoms with Crippen LogP contribution in [0.25, 0.3) is 0 Å². The maximum atomic E-state index is 12.8. The van der Waals surface area contributed by atoms with Crippen LogP contribution in [0.5, 0.6) is 11.5 Å². The first-order valence-electron chi connectivity index (χ1n) is 13.9. The van der Waals surface area contributed by atoms with E-state index in [0.717, 1.165) is 47.5 Å². The highest BCUT2D eigenvalue weighted by molar-refractivity contribution is 5.79. The minimum atomic E-state index is -1.06. The zero-order chi connectivity index (χ0) is 27.2. The molecule has 0 heterocycles. The maximum absolute atomic E-state index is 12.8. The van der Waals surface area contributed by atoms with Gasteiger partial charge in [0.2, 0.25) is 5.91 Å². The molecule has 0 aliphatic rings. The normalized spacial score (nSPS) is 12.2. The summed E-state index contributed by atoms with van der Waals surface area (Å²) >= 11 is 0. The topological polar surface area (TPSA) is 70.8 Å². The van der Waals surface area contributed by atoms with Crippen LogP contribution in [0, 0.1) is 0 Å². The predicted octanol–water partition coefficient (Wildman–Crippen LogP) is 7.40. The van der Waals surface area contributed by atoms with Crippen molar-refractivity contribution in [3.63, 3.8) is 0 Å². The van der Waals surface area contributed by atoms with Crippen LogP contribution in [0.15, 0.2) is 78.9 Å². The fraction of sp³-hybridized carbons (Fsp3) is 0.424. The fourth-order valence-electron chi connectivity index (χ4n) is 4.96. The molecule has 5 heteroatoms. The van der Waals surface area contributed by atoms with Gasteiger partial charge in [-0.25, -0.2) is 0 Å². The second kappa shape index (κ2) is 15.2. The Labute approximate surface area is 228 Å². The molecule has 5 nitrogen and oxygen atoms in total. The number of carbonyl (C=O) groups is 1. The van der Waals surface area contributed by atoms with E-state index in [-0.39, 0.29) is 0 Å². The first kappa shape index (κ1) is 29.2. The molecule has 0 fully saturated rings. The van der Waals surface area contributed by atoms with Gasteiger partial charge >= 0.3 is 0 Å². The zero-order valence-electron chi connectivity index (χ0n) is 23.2. The Morgan fingerprint density at radius 3 is 1.58 bits per heavy atom. The second-order valence-corrected chi connectivity index (χ2v) is 9.78. The minimum absolute atomic E-state index is 0.449. The molecule has 3 aromatic carbocycles. The highest BCUT2D eigenvalue weighted by atomic mass is 16.5. The Hall–Kier alpha value is -3.31. The van der Waals surface area contributed by atoms with Gasteiger partial charge in [-0.1, -0.05) is 113 Å². The predicted molar refractivity (Wildman–Crippen MR) is 154 cm³/mol. The van der Waals surface area contributed by atoms with Gasteiger partial charge in [-0.15, -0.1) is 0 Å². The third-order valence-electron chi connectivity index (χ3n) is 7.13. The van der Waals surface area contributed by atoms with Gasteiger partial charge in [-0.05, 0) is 47.4 Å². The third kappa shape index (κ3) is 7.61. The zero-order valence-corrected chi connectivity index (χ0v) is 23.2. The smallest absolute Gasteiger partial charge is 0.246 e. The van der Waals surface area contributed by atoms with Crippen molar-refractivity contribution < 1.29 is 19.0 Å². The molecule has 2 N–H and O–H groups in total. The van der Waals surface area contributed by atoms with Crippen LogP contribution in [-0.2, 0) is 15.1 Å². The Kier molecular flexibility index (Phi) is 11.7. The fourth-order valence-corrected chi connectivity index (χ4v) is 4.96. The van der Waals surface area contributed by atoms with Crippen LogP contribution in [0.3, 0.4) is 0 Å². The van der Waals surface area contributed by atoms with Crippen molar-refractivity contribution in [3.8, 4) is 11.5 Å². The molecule has 0 bridgehead atoms. The third-order valence-corrected chi connectivity index (χ3v) is 7.13. The average Bonchev–Trinajstić information content (AvgIpc) is 2.96. The number of benzene rings is 3. The van der Waals surface area contributed by atoms with Crippen LogP contribution in [0.1, 0.15) is 81.4 Å². The molecule has 1 unspecified atom stereocenters. The molecule has 1 amide bonds. The Balaban J connectivity index is 1.96. The molecule has 204 valence electrons. The van der Waals surface area contributed by atoms with Gasteiger partial charge in [-0.2, -0.15) is 0 Å². The Morgan fingerprint density at radius 1 is 0.684 bits per heavy atom. The van der Waals surface area contributed by atoms with Crippen molar-refractivity contribution in [2.75, 3.05) is 14.2 Å². The van der Waals surface area contributed by atoms with E-state index in [1.807, 2.05) is 78.9 Å². The van der Waals surface area contributed by atoms with E-state index in [1.165, 1.54) is 32.1 Å². The van der Waals surface area contributed by atoms with Crippen molar-refractivity contribution in [1.29, 1.82) is 0 Å². The molecule has 38 heavy (non-hydrogen) atoms. The van der Waals surface area contributed by atoms with Gasteiger partial charge in [0.15, 0.2) is 0 Å². The van der Waals surface area contributed by atoms with Gasteiger partial charge in [0.05, 0.1) is 14.2 Å². The average molecular weight is 518 g/mol. The van der Waals surface area contributed by atoms with Gasteiger partial charge < -0.3 is 19.9 Å². The molecule has 0 aliphatic carbocycles. The first-order chi connectivity index (χ1) is 18.5. The quantitative estimate of drug-likeness (QED) is 0.150. The van der Waals surface area contributed by atoms with Crippen LogP contribution >= 0.6 is 0 Å². The van der Waals surface area contributed by atoms with Crippen LogP contribution in [0.2, 0.25) is 0 Å². The van der Waals surface area contributed by atoms with E-state index >= 15 is 0 Å². The van der Waals surface area contributed by atoms with Crippen LogP contribution in [-0.4, -0.2) is 26.2 Å². The summed E-state index contributed by atoms with van der Waals surface area (Å²) < 4.78 is 17.7. The number of ether oxygens (including phenoxy) is 3.